The van der Waals surface area contributed by atoms with E-state index in [1.165, 1.54) is 4.90 Å². The van der Waals surface area contributed by atoms with Crippen LogP contribution in [0, 0.1) is 19.8 Å². The average molecular weight is 603 g/mol. The van der Waals surface area contributed by atoms with Crippen LogP contribution in [0.5, 0.6) is 5.75 Å². The molecular formula is C31H43ClN4O4S. The molecule has 4 rings (SSSR count). The van der Waals surface area contributed by atoms with Crippen molar-refractivity contribution in [2.75, 3.05) is 46.8 Å². The van der Waals surface area contributed by atoms with E-state index in [1.54, 1.807) is 22.3 Å². The molecule has 3 atom stereocenters. The Kier molecular flexibility index (Phi) is 11.2. The predicted octanol–water partition coefficient (Wildman–Crippen LogP) is 4.94. The van der Waals surface area contributed by atoms with E-state index in [-0.39, 0.29) is 36.7 Å². The smallest absolute Gasteiger partial charge is 0.409 e. The number of nitrogens with zero attached hydrogens (tertiary/aromatic N) is 3. The van der Waals surface area contributed by atoms with Crippen LogP contribution >= 0.6 is 22.9 Å². The number of hydrogen-bond acceptors (Lipinski definition) is 7. The van der Waals surface area contributed by atoms with Crippen molar-refractivity contribution in [1.82, 2.24) is 20.0 Å². The Morgan fingerprint density at radius 1 is 1.17 bits per heavy atom. The number of halogens is 1. The highest BCUT2D eigenvalue weighted by atomic mass is 35.5. The van der Waals surface area contributed by atoms with E-state index in [0.717, 1.165) is 54.8 Å². The van der Waals surface area contributed by atoms with Crippen molar-refractivity contribution < 1.29 is 19.1 Å². The largest absolute Gasteiger partial charge is 0.415 e. The van der Waals surface area contributed by atoms with Gasteiger partial charge in [0.2, 0.25) is 5.91 Å². The lowest BCUT2D eigenvalue weighted by Gasteiger charge is -2.43. The van der Waals surface area contributed by atoms with Gasteiger partial charge in [-0.2, -0.15) is 0 Å². The first-order chi connectivity index (χ1) is 19.7. The topological polar surface area (TPSA) is 82.2 Å². The number of aryl methyl sites for hydroxylation is 2. The summed E-state index contributed by atoms with van der Waals surface area (Å²) in [7, 11) is 4.12. The standard InChI is InChI=1S/C31H43ClN4O4S/c1-21-11-14-27(28(32)22(21)2)40-31(39)35-17-18-36(25(20-35)26(37)13-12-24-10-7-19-41-24)30(38)29-23(8-5-15-33-29)9-6-16-34(3)4/h7,10-11,14,19,23,25,29,33H,5-6,8-9,12-13,15-18,20H2,1-4H3/t23-,25+,29-/m1/s1. The maximum Gasteiger partial charge on any atom is 0.415 e. The summed E-state index contributed by atoms with van der Waals surface area (Å²) >= 11 is 8.08. The highest BCUT2D eigenvalue weighted by Gasteiger charge is 2.42. The number of amides is 2. The van der Waals surface area contributed by atoms with E-state index < -0.39 is 12.1 Å². The van der Waals surface area contributed by atoms with Gasteiger partial charge in [0, 0.05) is 24.4 Å². The van der Waals surface area contributed by atoms with Crippen LogP contribution in [0.25, 0.3) is 0 Å². The molecule has 2 aliphatic heterocycles. The summed E-state index contributed by atoms with van der Waals surface area (Å²) in [6, 6.07) is 6.52. The summed E-state index contributed by atoms with van der Waals surface area (Å²) in [6.45, 7) is 6.28. The number of piperazine rings is 1. The molecule has 3 heterocycles. The lowest BCUT2D eigenvalue weighted by Crippen LogP contribution is -2.64. The number of ketones is 1. The zero-order valence-electron chi connectivity index (χ0n) is 24.7. The third-order valence-electron chi connectivity index (χ3n) is 8.34. The summed E-state index contributed by atoms with van der Waals surface area (Å²) in [6.07, 6.45) is 4.39. The Bertz CT molecular complexity index is 1200. The number of benzene rings is 1. The van der Waals surface area contributed by atoms with E-state index in [9.17, 15) is 14.4 Å². The number of carbonyl (C=O) groups is 3. The van der Waals surface area contributed by atoms with E-state index in [2.05, 4.69) is 24.3 Å². The van der Waals surface area contributed by atoms with Gasteiger partial charge in [-0.1, -0.05) is 23.7 Å². The second-order valence-corrected chi connectivity index (χ2v) is 12.9. The zero-order chi connectivity index (χ0) is 29.5. The molecule has 0 radical (unpaired) electrons. The van der Waals surface area contributed by atoms with Crippen molar-refractivity contribution in [3.05, 3.63) is 50.7 Å². The maximum atomic E-state index is 14.0. The summed E-state index contributed by atoms with van der Waals surface area (Å²) < 4.78 is 5.69. The van der Waals surface area contributed by atoms with Gasteiger partial charge in [0.05, 0.1) is 17.6 Å². The fourth-order valence-electron chi connectivity index (χ4n) is 5.75. The van der Waals surface area contributed by atoms with Crippen LogP contribution in [0.1, 0.15) is 48.1 Å². The quantitative estimate of drug-likeness (QED) is 0.415. The van der Waals surface area contributed by atoms with Crippen LogP contribution in [-0.4, -0.2) is 91.4 Å². The number of Topliss-reactive ketones (excluding diaryl/α,β-unsaturated/α-hetero) is 1. The first-order valence-electron chi connectivity index (χ1n) is 14.6. The first-order valence-corrected chi connectivity index (χ1v) is 15.9. The number of carbonyl (C=O) groups excluding carboxylic acids is 3. The monoisotopic (exact) mass is 602 g/mol. The van der Waals surface area contributed by atoms with Crippen LogP contribution < -0.4 is 10.1 Å². The fourth-order valence-corrected chi connectivity index (χ4v) is 6.71. The van der Waals surface area contributed by atoms with Gasteiger partial charge < -0.3 is 24.8 Å². The van der Waals surface area contributed by atoms with Crippen LogP contribution in [0.4, 0.5) is 4.79 Å². The summed E-state index contributed by atoms with van der Waals surface area (Å²) in [4.78, 5) is 47.5. The van der Waals surface area contributed by atoms with E-state index in [1.807, 2.05) is 37.4 Å². The van der Waals surface area contributed by atoms with Crippen molar-refractivity contribution >= 4 is 40.7 Å². The molecule has 0 spiro atoms. The van der Waals surface area contributed by atoms with E-state index in [4.69, 9.17) is 16.3 Å². The first kappa shape index (κ1) is 31.5. The maximum absolute atomic E-state index is 14.0. The molecule has 2 aliphatic rings. The average Bonchev–Trinajstić information content (AvgIpc) is 3.49. The molecule has 1 aromatic heterocycles. The van der Waals surface area contributed by atoms with Crippen LogP contribution in [0.2, 0.25) is 5.02 Å². The number of thiophene rings is 1. The second-order valence-electron chi connectivity index (χ2n) is 11.5. The highest BCUT2D eigenvalue weighted by Crippen LogP contribution is 2.31. The van der Waals surface area contributed by atoms with E-state index >= 15 is 0 Å². The summed E-state index contributed by atoms with van der Waals surface area (Å²) in [5, 5.41) is 5.87. The summed E-state index contributed by atoms with van der Waals surface area (Å²) in [5.41, 5.74) is 1.86. The fraction of sp³-hybridized carbons (Fsp3) is 0.581. The molecule has 2 aromatic rings. The number of rotatable bonds is 10. The number of nitrogens with one attached hydrogen (secondary N) is 1. The lowest BCUT2D eigenvalue weighted by atomic mass is 9.85. The number of piperidine rings is 1. The molecule has 8 nitrogen and oxygen atoms in total. The summed E-state index contributed by atoms with van der Waals surface area (Å²) in [5.74, 6) is 0.464. The van der Waals surface area contributed by atoms with Gasteiger partial charge >= 0.3 is 6.09 Å². The van der Waals surface area contributed by atoms with Gasteiger partial charge in [-0.15, -0.1) is 11.3 Å². The van der Waals surface area contributed by atoms with Crippen LogP contribution in [-0.2, 0) is 16.0 Å². The van der Waals surface area contributed by atoms with Gasteiger partial charge in [0.15, 0.2) is 11.5 Å². The van der Waals surface area contributed by atoms with Gasteiger partial charge in [-0.05, 0) is 108 Å². The highest BCUT2D eigenvalue weighted by molar-refractivity contribution is 7.09. The van der Waals surface area contributed by atoms with Crippen molar-refractivity contribution in [2.24, 2.45) is 5.92 Å². The minimum Gasteiger partial charge on any atom is -0.409 e. The van der Waals surface area contributed by atoms with Gasteiger partial charge in [0.25, 0.3) is 0 Å². The molecule has 1 N–H and O–H groups in total. The van der Waals surface area contributed by atoms with E-state index in [0.29, 0.717) is 30.2 Å². The molecule has 1 aromatic carbocycles. The SMILES string of the molecule is Cc1ccc(OC(=O)N2CCN(C(=O)[C@@H]3NCCC[C@@H]3CCCN(C)C)[C@H](C(=O)CCc3cccs3)C2)c(Cl)c1C. The molecule has 2 fully saturated rings. The molecule has 2 saturated heterocycles. The minimum absolute atomic E-state index is 0.0285. The van der Waals surface area contributed by atoms with Gasteiger partial charge in [-0.25, -0.2) is 4.79 Å². The molecule has 0 unspecified atom stereocenters. The minimum atomic E-state index is -0.717. The van der Waals surface area contributed by atoms with Crippen molar-refractivity contribution in [2.45, 2.75) is 64.5 Å². The molecule has 2 amide bonds. The van der Waals surface area contributed by atoms with Gasteiger partial charge in [-0.3, -0.25) is 9.59 Å². The zero-order valence-corrected chi connectivity index (χ0v) is 26.2. The molecule has 41 heavy (non-hydrogen) atoms. The molecule has 0 aliphatic carbocycles. The normalized spacial score (nSPS) is 21.3. The number of hydrogen-bond donors (Lipinski definition) is 1. The lowest BCUT2D eigenvalue weighted by molar-refractivity contribution is -0.146. The molecule has 10 heteroatoms. The predicted molar refractivity (Wildman–Crippen MR) is 164 cm³/mol. The third kappa shape index (κ3) is 8.09. The van der Waals surface area contributed by atoms with Crippen LogP contribution in [0.3, 0.4) is 0 Å². The van der Waals surface area contributed by atoms with Gasteiger partial charge in [0.1, 0.15) is 6.04 Å². The Labute approximate surface area is 253 Å². The third-order valence-corrected chi connectivity index (χ3v) is 9.75. The number of ether oxygens (including phenoxy) is 1. The molecular weight excluding hydrogens is 560 g/mol. The molecule has 224 valence electrons. The van der Waals surface area contributed by atoms with Crippen LogP contribution in [0.15, 0.2) is 29.6 Å². The van der Waals surface area contributed by atoms with Crippen molar-refractivity contribution in [1.29, 1.82) is 0 Å². The Balaban J connectivity index is 1.49. The molecule has 0 bridgehead atoms. The van der Waals surface area contributed by atoms with Crippen molar-refractivity contribution in [3.63, 3.8) is 0 Å². The second kappa shape index (κ2) is 14.6. The Hall–Kier alpha value is -2.46. The molecule has 0 saturated carbocycles. The Morgan fingerprint density at radius 2 is 1.98 bits per heavy atom. The van der Waals surface area contributed by atoms with Crippen molar-refractivity contribution in [3.8, 4) is 5.75 Å². The Morgan fingerprint density at radius 3 is 2.71 bits per heavy atom.